The third-order valence-electron chi connectivity index (χ3n) is 3.38. The van der Waals surface area contributed by atoms with E-state index < -0.39 is 12.2 Å². The fraction of sp³-hybridized carbons (Fsp3) is 0.294. The van der Waals surface area contributed by atoms with Gasteiger partial charge in [0.2, 0.25) is 0 Å². The Morgan fingerprint density at radius 1 is 0.850 bits per heavy atom. The Balaban J connectivity index is 1.93. The largest absolute Gasteiger partial charge is 0.497 e. The van der Waals surface area contributed by atoms with Crippen LogP contribution in [0.2, 0.25) is 0 Å². The van der Waals surface area contributed by atoms with Gasteiger partial charge in [-0.1, -0.05) is 42.5 Å². The summed E-state index contributed by atoms with van der Waals surface area (Å²) in [6, 6.07) is 16.9. The number of hydrogen-bond donors (Lipinski definition) is 2. The molecular formula is C17H20O3. The second-order valence-electron chi connectivity index (χ2n) is 4.80. The highest BCUT2D eigenvalue weighted by Crippen LogP contribution is 2.26. The molecule has 0 heterocycles. The van der Waals surface area contributed by atoms with Crippen molar-refractivity contribution in [2.75, 3.05) is 7.11 Å². The molecular weight excluding hydrogens is 252 g/mol. The first kappa shape index (κ1) is 14.6. The minimum Gasteiger partial charge on any atom is -0.497 e. The molecule has 106 valence electrons. The molecule has 2 aromatic carbocycles. The Labute approximate surface area is 119 Å². The van der Waals surface area contributed by atoms with Crippen LogP contribution in [0.1, 0.15) is 36.2 Å². The zero-order chi connectivity index (χ0) is 14.4. The first-order chi connectivity index (χ1) is 9.70. The van der Waals surface area contributed by atoms with Crippen LogP contribution in [0, 0.1) is 0 Å². The fourth-order valence-electron chi connectivity index (χ4n) is 2.17. The standard InChI is InChI=1S/C17H20O3/c1-20-15-9-5-8-14(12-15)17(19)11-10-16(18)13-6-3-2-4-7-13/h2-9,12,16-19H,10-11H2,1H3. The van der Waals surface area contributed by atoms with Crippen molar-refractivity contribution in [3.63, 3.8) is 0 Å². The lowest BCUT2D eigenvalue weighted by atomic mass is 9.99. The molecule has 2 atom stereocenters. The van der Waals surface area contributed by atoms with Crippen LogP contribution >= 0.6 is 0 Å². The normalized spacial score (nSPS) is 13.8. The topological polar surface area (TPSA) is 49.7 Å². The maximum absolute atomic E-state index is 10.2. The summed E-state index contributed by atoms with van der Waals surface area (Å²) in [4.78, 5) is 0. The molecule has 2 aromatic rings. The van der Waals surface area contributed by atoms with E-state index in [2.05, 4.69) is 0 Å². The quantitative estimate of drug-likeness (QED) is 0.848. The summed E-state index contributed by atoms with van der Waals surface area (Å²) in [5.41, 5.74) is 1.69. The number of hydrogen-bond acceptors (Lipinski definition) is 3. The number of rotatable bonds is 6. The summed E-state index contributed by atoms with van der Waals surface area (Å²) >= 11 is 0. The second kappa shape index (κ2) is 7.08. The molecule has 0 aliphatic rings. The van der Waals surface area contributed by atoms with Gasteiger partial charge in [-0.05, 0) is 36.1 Å². The van der Waals surface area contributed by atoms with Gasteiger partial charge < -0.3 is 14.9 Å². The number of methoxy groups -OCH3 is 1. The Morgan fingerprint density at radius 2 is 1.45 bits per heavy atom. The average Bonchev–Trinajstić information content (AvgIpc) is 2.53. The molecule has 2 rings (SSSR count). The van der Waals surface area contributed by atoms with Crippen LogP contribution in [0.5, 0.6) is 5.75 Å². The van der Waals surface area contributed by atoms with Gasteiger partial charge >= 0.3 is 0 Å². The zero-order valence-corrected chi connectivity index (χ0v) is 11.6. The highest BCUT2D eigenvalue weighted by Gasteiger charge is 2.13. The molecule has 0 radical (unpaired) electrons. The van der Waals surface area contributed by atoms with Crippen molar-refractivity contribution in [2.24, 2.45) is 0 Å². The minimum atomic E-state index is -0.594. The molecule has 0 saturated heterocycles. The van der Waals surface area contributed by atoms with Crippen molar-refractivity contribution in [2.45, 2.75) is 25.0 Å². The molecule has 0 aromatic heterocycles. The first-order valence-electron chi connectivity index (χ1n) is 6.75. The van der Waals surface area contributed by atoms with Gasteiger partial charge in [0, 0.05) is 0 Å². The van der Waals surface area contributed by atoms with E-state index in [1.807, 2.05) is 54.6 Å². The van der Waals surface area contributed by atoms with Crippen molar-refractivity contribution in [3.05, 3.63) is 65.7 Å². The maximum atomic E-state index is 10.2. The van der Waals surface area contributed by atoms with Crippen molar-refractivity contribution in [3.8, 4) is 5.75 Å². The van der Waals surface area contributed by atoms with E-state index >= 15 is 0 Å². The third kappa shape index (κ3) is 3.83. The van der Waals surface area contributed by atoms with Gasteiger partial charge in [-0.15, -0.1) is 0 Å². The van der Waals surface area contributed by atoms with E-state index in [0.29, 0.717) is 12.8 Å². The van der Waals surface area contributed by atoms with Gasteiger partial charge in [-0.3, -0.25) is 0 Å². The smallest absolute Gasteiger partial charge is 0.119 e. The van der Waals surface area contributed by atoms with E-state index in [9.17, 15) is 10.2 Å². The molecule has 0 fully saturated rings. The monoisotopic (exact) mass is 272 g/mol. The predicted octanol–water partition coefficient (Wildman–Crippen LogP) is 3.24. The molecule has 0 spiro atoms. The number of aliphatic hydroxyl groups is 2. The Kier molecular flexibility index (Phi) is 5.16. The molecule has 3 heteroatoms. The Morgan fingerprint density at radius 3 is 2.10 bits per heavy atom. The third-order valence-corrected chi connectivity index (χ3v) is 3.38. The van der Waals surface area contributed by atoms with Crippen LogP contribution in [0.15, 0.2) is 54.6 Å². The summed E-state index contributed by atoms with van der Waals surface area (Å²) in [6.07, 6.45) is -0.120. The van der Waals surface area contributed by atoms with Gasteiger partial charge in [0.15, 0.2) is 0 Å². The minimum absolute atomic E-state index is 0.503. The van der Waals surface area contributed by atoms with E-state index in [1.165, 1.54) is 0 Å². The van der Waals surface area contributed by atoms with Crippen molar-refractivity contribution >= 4 is 0 Å². The van der Waals surface area contributed by atoms with Crippen LogP contribution in [0.25, 0.3) is 0 Å². The summed E-state index contributed by atoms with van der Waals surface area (Å²) in [7, 11) is 1.60. The SMILES string of the molecule is COc1cccc(C(O)CCC(O)c2ccccc2)c1. The molecule has 0 bridgehead atoms. The van der Waals surface area contributed by atoms with Gasteiger partial charge in [-0.25, -0.2) is 0 Å². The van der Waals surface area contributed by atoms with Gasteiger partial charge in [0.25, 0.3) is 0 Å². The van der Waals surface area contributed by atoms with Crippen molar-refractivity contribution < 1.29 is 14.9 Å². The predicted molar refractivity (Wildman–Crippen MR) is 78.6 cm³/mol. The lowest BCUT2D eigenvalue weighted by molar-refractivity contribution is 0.114. The lowest BCUT2D eigenvalue weighted by Gasteiger charge is -2.15. The lowest BCUT2D eigenvalue weighted by Crippen LogP contribution is -2.03. The van der Waals surface area contributed by atoms with Gasteiger partial charge in [-0.2, -0.15) is 0 Å². The molecule has 0 amide bonds. The Bertz CT molecular complexity index is 525. The average molecular weight is 272 g/mol. The molecule has 0 saturated carbocycles. The van der Waals surface area contributed by atoms with E-state index in [1.54, 1.807) is 7.11 Å². The van der Waals surface area contributed by atoms with Gasteiger partial charge in [0.1, 0.15) is 5.75 Å². The molecule has 2 unspecified atom stereocenters. The summed E-state index contributed by atoms with van der Waals surface area (Å²) in [6.45, 7) is 0. The van der Waals surface area contributed by atoms with E-state index in [-0.39, 0.29) is 0 Å². The van der Waals surface area contributed by atoms with E-state index in [0.717, 1.165) is 16.9 Å². The van der Waals surface area contributed by atoms with Crippen LogP contribution in [0.3, 0.4) is 0 Å². The highest BCUT2D eigenvalue weighted by molar-refractivity contribution is 5.29. The van der Waals surface area contributed by atoms with Crippen LogP contribution in [0.4, 0.5) is 0 Å². The molecule has 0 aliphatic heterocycles. The fourth-order valence-corrected chi connectivity index (χ4v) is 2.17. The van der Waals surface area contributed by atoms with Crippen LogP contribution in [-0.4, -0.2) is 17.3 Å². The van der Waals surface area contributed by atoms with Crippen LogP contribution in [-0.2, 0) is 0 Å². The second-order valence-corrected chi connectivity index (χ2v) is 4.80. The van der Waals surface area contributed by atoms with Crippen molar-refractivity contribution in [1.29, 1.82) is 0 Å². The Hall–Kier alpha value is -1.84. The number of benzene rings is 2. The molecule has 2 N–H and O–H groups in total. The first-order valence-corrected chi connectivity index (χ1v) is 6.75. The molecule has 0 aliphatic carbocycles. The summed E-state index contributed by atoms with van der Waals surface area (Å²) < 4.78 is 5.14. The molecule has 3 nitrogen and oxygen atoms in total. The summed E-state index contributed by atoms with van der Waals surface area (Å²) in [5.74, 6) is 0.727. The summed E-state index contributed by atoms with van der Waals surface area (Å²) in [5, 5.41) is 20.3. The number of aliphatic hydroxyl groups excluding tert-OH is 2. The van der Waals surface area contributed by atoms with E-state index in [4.69, 9.17) is 4.74 Å². The van der Waals surface area contributed by atoms with Crippen LogP contribution < -0.4 is 4.74 Å². The molecule has 20 heavy (non-hydrogen) atoms. The van der Waals surface area contributed by atoms with Crippen molar-refractivity contribution in [1.82, 2.24) is 0 Å². The highest BCUT2D eigenvalue weighted by atomic mass is 16.5. The number of ether oxygens (including phenoxy) is 1. The van der Waals surface area contributed by atoms with Gasteiger partial charge in [0.05, 0.1) is 19.3 Å². The zero-order valence-electron chi connectivity index (χ0n) is 11.6. The maximum Gasteiger partial charge on any atom is 0.119 e.